The number of allylic oxidation sites excluding steroid dienone is 1. The van der Waals surface area contributed by atoms with E-state index in [4.69, 9.17) is 4.98 Å². The van der Waals surface area contributed by atoms with Gasteiger partial charge in [-0.05, 0) is 96.2 Å². The Kier molecular flexibility index (Phi) is 8.64. The van der Waals surface area contributed by atoms with Crippen LogP contribution in [0.25, 0.3) is 11.1 Å². The first-order valence-electron chi connectivity index (χ1n) is 14.6. The number of benzene rings is 2. The average molecular weight is 531 g/mol. The van der Waals surface area contributed by atoms with Gasteiger partial charge in [0, 0.05) is 50.1 Å². The minimum absolute atomic E-state index is 0.497. The van der Waals surface area contributed by atoms with Crippen LogP contribution in [0.4, 0.5) is 11.5 Å². The normalized spacial score (nSPS) is 16.9. The first kappa shape index (κ1) is 27.6. The molecule has 0 atom stereocenters. The third kappa shape index (κ3) is 6.62. The monoisotopic (exact) mass is 530 g/mol. The molecule has 206 valence electrons. The van der Waals surface area contributed by atoms with Crippen LogP contribution in [0.15, 0.2) is 97.5 Å². The van der Waals surface area contributed by atoms with Crippen molar-refractivity contribution in [3.05, 3.63) is 120 Å². The Morgan fingerprint density at radius 2 is 1.50 bits per heavy atom. The van der Waals surface area contributed by atoms with Crippen LogP contribution in [0.1, 0.15) is 55.0 Å². The van der Waals surface area contributed by atoms with E-state index < -0.39 is 0 Å². The van der Waals surface area contributed by atoms with Gasteiger partial charge in [-0.2, -0.15) is 0 Å². The fourth-order valence-electron chi connectivity index (χ4n) is 5.72. The van der Waals surface area contributed by atoms with E-state index in [1.807, 2.05) is 18.5 Å². The third-order valence-corrected chi connectivity index (χ3v) is 8.44. The number of rotatable bonds is 9. The second-order valence-corrected chi connectivity index (χ2v) is 11.6. The molecule has 0 N–H and O–H groups in total. The van der Waals surface area contributed by atoms with E-state index in [1.54, 1.807) is 0 Å². The van der Waals surface area contributed by atoms with Crippen LogP contribution in [-0.2, 0) is 13.0 Å². The molecule has 0 spiro atoms. The maximum absolute atomic E-state index is 4.86. The van der Waals surface area contributed by atoms with Gasteiger partial charge < -0.3 is 9.80 Å². The molecule has 0 radical (unpaired) electrons. The molecule has 1 aliphatic rings. The Morgan fingerprint density at radius 3 is 2.15 bits per heavy atom. The van der Waals surface area contributed by atoms with Crippen LogP contribution < -0.4 is 9.80 Å². The molecule has 2 aromatic carbocycles. The van der Waals surface area contributed by atoms with Gasteiger partial charge in [0.15, 0.2) is 0 Å². The zero-order valence-corrected chi connectivity index (χ0v) is 24.5. The summed E-state index contributed by atoms with van der Waals surface area (Å²) >= 11 is 0. The minimum atomic E-state index is 0.497. The average Bonchev–Trinajstić information content (AvgIpc) is 2.98. The van der Waals surface area contributed by atoms with Crippen LogP contribution in [0.5, 0.6) is 0 Å². The molecule has 0 amide bonds. The van der Waals surface area contributed by atoms with Crippen molar-refractivity contribution in [2.24, 2.45) is 11.8 Å². The van der Waals surface area contributed by atoms with Crippen molar-refractivity contribution in [1.82, 2.24) is 9.97 Å². The third-order valence-electron chi connectivity index (χ3n) is 8.44. The van der Waals surface area contributed by atoms with E-state index in [0.29, 0.717) is 5.92 Å². The van der Waals surface area contributed by atoms with Gasteiger partial charge in [-0.3, -0.25) is 4.98 Å². The molecule has 0 unspecified atom stereocenters. The predicted octanol–water partition coefficient (Wildman–Crippen LogP) is 8.46. The summed E-state index contributed by atoms with van der Waals surface area (Å²) in [5.74, 6) is 2.28. The second-order valence-electron chi connectivity index (χ2n) is 11.6. The van der Waals surface area contributed by atoms with Crippen molar-refractivity contribution in [1.29, 1.82) is 0 Å². The molecule has 4 aromatic rings. The van der Waals surface area contributed by atoms with E-state index in [9.17, 15) is 0 Å². The maximum Gasteiger partial charge on any atom is 0.133 e. The van der Waals surface area contributed by atoms with E-state index in [2.05, 4.69) is 116 Å². The number of pyridine rings is 2. The first-order valence-corrected chi connectivity index (χ1v) is 14.6. The molecule has 4 nitrogen and oxygen atoms in total. The number of hydrogen-bond acceptors (Lipinski definition) is 4. The zero-order chi connectivity index (χ0) is 28.1. The van der Waals surface area contributed by atoms with Crippen LogP contribution in [0, 0.1) is 18.8 Å². The highest BCUT2D eigenvalue weighted by Gasteiger charge is 2.25. The minimum Gasteiger partial charge on any atom is -0.378 e. The lowest BCUT2D eigenvalue weighted by molar-refractivity contribution is 0.316. The summed E-state index contributed by atoms with van der Waals surface area (Å²) in [6, 6.07) is 26.3. The summed E-state index contributed by atoms with van der Waals surface area (Å²) in [4.78, 5) is 13.8. The number of anilines is 2. The van der Waals surface area contributed by atoms with Crippen molar-refractivity contribution >= 4 is 11.5 Å². The summed E-state index contributed by atoms with van der Waals surface area (Å²) in [5.41, 5.74) is 9.69. The number of aromatic nitrogens is 2. The Bertz CT molecular complexity index is 1410. The standard InChI is InChI=1S/C36H42N4/c1-26-8-12-31(13-9-26)28(3)40(36-24-30(20-22-38-36)23-34-7-6-21-37-27(34)2)25-29-10-14-32(15-11-29)33-16-18-35(19-17-33)39(4)5/h6-7,10-11,14-22,24,26,31H,3,8-9,12-13,23,25H2,1-2,4-5H3. The Hall–Kier alpha value is -3.92. The molecule has 0 aliphatic heterocycles. The fraction of sp³-hybridized carbons (Fsp3) is 0.333. The van der Waals surface area contributed by atoms with Gasteiger partial charge in [0.05, 0.1) is 0 Å². The molecule has 1 fully saturated rings. The van der Waals surface area contributed by atoms with E-state index in [0.717, 1.165) is 30.4 Å². The van der Waals surface area contributed by atoms with Crippen LogP contribution in [0.2, 0.25) is 0 Å². The molecule has 0 bridgehead atoms. The lowest BCUT2D eigenvalue weighted by atomic mass is 9.81. The summed E-state index contributed by atoms with van der Waals surface area (Å²) in [6.45, 7) is 9.87. The van der Waals surface area contributed by atoms with Crippen molar-refractivity contribution in [2.75, 3.05) is 23.9 Å². The number of nitrogens with zero attached hydrogens (tertiary/aromatic N) is 4. The largest absolute Gasteiger partial charge is 0.378 e. The zero-order valence-electron chi connectivity index (χ0n) is 24.5. The van der Waals surface area contributed by atoms with Crippen molar-refractivity contribution in [3.63, 3.8) is 0 Å². The molecule has 5 rings (SSSR count). The highest BCUT2D eigenvalue weighted by Crippen LogP contribution is 2.36. The lowest BCUT2D eigenvalue weighted by Gasteiger charge is -2.35. The quantitative estimate of drug-likeness (QED) is 0.217. The molecular weight excluding hydrogens is 488 g/mol. The molecular formula is C36H42N4. The topological polar surface area (TPSA) is 32.3 Å². The van der Waals surface area contributed by atoms with Gasteiger partial charge in [-0.25, -0.2) is 4.98 Å². The summed E-state index contributed by atoms with van der Waals surface area (Å²) in [7, 11) is 4.14. The summed E-state index contributed by atoms with van der Waals surface area (Å²) < 4.78 is 0. The molecule has 0 saturated heterocycles. The van der Waals surface area contributed by atoms with Crippen LogP contribution in [0.3, 0.4) is 0 Å². The molecule has 40 heavy (non-hydrogen) atoms. The smallest absolute Gasteiger partial charge is 0.133 e. The Labute approximate surface area is 240 Å². The fourth-order valence-corrected chi connectivity index (χ4v) is 5.72. The molecule has 4 heteroatoms. The lowest BCUT2D eigenvalue weighted by Crippen LogP contribution is -2.29. The van der Waals surface area contributed by atoms with Gasteiger partial charge in [-0.1, -0.05) is 68.8 Å². The van der Waals surface area contributed by atoms with Crippen molar-refractivity contribution in [3.8, 4) is 11.1 Å². The van der Waals surface area contributed by atoms with E-state index in [-0.39, 0.29) is 0 Å². The molecule has 2 heterocycles. The first-order chi connectivity index (χ1) is 19.4. The number of aryl methyl sites for hydroxylation is 1. The predicted molar refractivity (Wildman–Crippen MR) is 169 cm³/mol. The van der Waals surface area contributed by atoms with Crippen LogP contribution in [-0.4, -0.2) is 24.1 Å². The van der Waals surface area contributed by atoms with Crippen molar-refractivity contribution < 1.29 is 0 Å². The van der Waals surface area contributed by atoms with E-state index in [1.165, 1.54) is 64.9 Å². The van der Waals surface area contributed by atoms with Gasteiger partial charge in [0.1, 0.15) is 5.82 Å². The van der Waals surface area contributed by atoms with E-state index >= 15 is 0 Å². The molecule has 2 aromatic heterocycles. The van der Waals surface area contributed by atoms with Gasteiger partial charge in [0.2, 0.25) is 0 Å². The Balaban J connectivity index is 1.40. The molecule has 1 saturated carbocycles. The highest BCUT2D eigenvalue weighted by molar-refractivity contribution is 5.66. The van der Waals surface area contributed by atoms with Gasteiger partial charge >= 0.3 is 0 Å². The second kappa shape index (κ2) is 12.5. The van der Waals surface area contributed by atoms with Gasteiger partial charge in [-0.15, -0.1) is 0 Å². The molecule has 1 aliphatic carbocycles. The highest BCUT2D eigenvalue weighted by atomic mass is 15.2. The van der Waals surface area contributed by atoms with Crippen LogP contribution >= 0.6 is 0 Å². The summed E-state index contributed by atoms with van der Waals surface area (Å²) in [5, 5.41) is 0. The Morgan fingerprint density at radius 1 is 0.825 bits per heavy atom. The van der Waals surface area contributed by atoms with Crippen molar-refractivity contribution in [2.45, 2.75) is 52.5 Å². The summed E-state index contributed by atoms with van der Waals surface area (Å²) in [6.07, 6.45) is 9.59. The van der Waals surface area contributed by atoms with Gasteiger partial charge in [0.25, 0.3) is 0 Å². The SMILES string of the molecule is C=C(C1CCC(C)CC1)N(Cc1ccc(-c2ccc(N(C)C)cc2)cc1)c1cc(Cc2cccnc2C)ccn1. The number of hydrogen-bond donors (Lipinski definition) is 0. The maximum atomic E-state index is 4.86.